The van der Waals surface area contributed by atoms with E-state index in [2.05, 4.69) is 13.8 Å². The normalized spacial score (nSPS) is 12.4. The number of nitrogens with zero attached hydrogens (tertiary/aromatic N) is 1. The zero-order valence-electron chi connectivity index (χ0n) is 13.4. The first-order valence-corrected chi connectivity index (χ1v) is 7.60. The second kappa shape index (κ2) is 9.53. The molecule has 1 unspecified atom stereocenters. The van der Waals surface area contributed by atoms with Gasteiger partial charge < -0.3 is 15.4 Å². The molecule has 4 nitrogen and oxygen atoms in total. The standard InChI is InChI=1S/C17H28N2O2/c1-14(2)13-19(9-10-21-3)17(20)16(12-18)11-15-7-5-4-6-8-15/h4-8,14,16H,9-13,18H2,1-3H3. The molecule has 0 spiro atoms. The highest BCUT2D eigenvalue weighted by molar-refractivity contribution is 5.79. The lowest BCUT2D eigenvalue weighted by molar-refractivity contribution is -0.136. The predicted molar refractivity (Wildman–Crippen MR) is 86.0 cm³/mol. The van der Waals surface area contributed by atoms with Crippen molar-refractivity contribution in [1.29, 1.82) is 0 Å². The lowest BCUT2D eigenvalue weighted by Crippen LogP contribution is -2.43. The van der Waals surface area contributed by atoms with Crippen LogP contribution in [-0.4, -0.2) is 44.2 Å². The Bertz CT molecular complexity index is 407. The van der Waals surface area contributed by atoms with Crippen molar-refractivity contribution in [1.82, 2.24) is 4.90 Å². The van der Waals surface area contributed by atoms with Crippen molar-refractivity contribution in [2.75, 3.05) is 33.4 Å². The molecule has 0 radical (unpaired) electrons. The van der Waals surface area contributed by atoms with Gasteiger partial charge in [-0.3, -0.25) is 4.79 Å². The molecule has 2 N–H and O–H groups in total. The number of carbonyl (C=O) groups excluding carboxylic acids is 1. The van der Waals surface area contributed by atoms with Crippen molar-refractivity contribution < 1.29 is 9.53 Å². The smallest absolute Gasteiger partial charge is 0.227 e. The first-order valence-electron chi connectivity index (χ1n) is 7.60. The lowest BCUT2D eigenvalue weighted by atomic mass is 9.97. The van der Waals surface area contributed by atoms with Gasteiger partial charge in [0, 0.05) is 26.7 Å². The van der Waals surface area contributed by atoms with Crippen molar-refractivity contribution in [2.24, 2.45) is 17.6 Å². The van der Waals surface area contributed by atoms with Gasteiger partial charge in [0.25, 0.3) is 0 Å². The maximum absolute atomic E-state index is 12.7. The van der Waals surface area contributed by atoms with Crippen LogP contribution in [0.3, 0.4) is 0 Å². The molecule has 0 aliphatic carbocycles. The van der Waals surface area contributed by atoms with Gasteiger partial charge in [-0.25, -0.2) is 0 Å². The van der Waals surface area contributed by atoms with Crippen LogP contribution in [0.1, 0.15) is 19.4 Å². The largest absolute Gasteiger partial charge is 0.383 e. The van der Waals surface area contributed by atoms with Crippen LogP contribution in [0.2, 0.25) is 0 Å². The molecule has 118 valence electrons. The molecule has 1 aromatic carbocycles. The topological polar surface area (TPSA) is 55.6 Å². The Kier molecular flexibility index (Phi) is 8.01. The van der Waals surface area contributed by atoms with Crippen LogP contribution in [-0.2, 0) is 16.0 Å². The zero-order valence-corrected chi connectivity index (χ0v) is 13.4. The molecule has 0 aliphatic rings. The summed E-state index contributed by atoms with van der Waals surface area (Å²) in [6, 6.07) is 10.0. The van der Waals surface area contributed by atoms with Gasteiger partial charge in [-0.15, -0.1) is 0 Å². The van der Waals surface area contributed by atoms with E-state index in [1.807, 2.05) is 35.2 Å². The van der Waals surface area contributed by atoms with Crippen molar-refractivity contribution in [3.63, 3.8) is 0 Å². The Labute approximate surface area is 128 Å². The Balaban J connectivity index is 2.72. The van der Waals surface area contributed by atoms with E-state index in [0.29, 0.717) is 32.0 Å². The molecule has 0 saturated carbocycles. The number of hydrogen-bond donors (Lipinski definition) is 1. The van der Waals surface area contributed by atoms with Crippen LogP contribution >= 0.6 is 0 Å². The summed E-state index contributed by atoms with van der Waals surface area (Å²) < 4.78 is 5.11. The summed E-state index contributed by atoms with van der Waals surface area (Å²) in [5, 5.41) is 0. The Morgan fingerprint density at radius 1 is 1.29 bits per heavy atom. The van der Waals surface area contributed by atoms with Gasteiger partial charge in [-0.1, -0.05) is 44.2 Å². The summed E-state index contributed by atoms with van der Waals surface area (Å²) in [6.45, 7) is 6.52. The van der Waals surface area contributed by atoms with E-state index in [0.717, 1.165) is 12.1 Å². The Morgan fingerprint density at radius 2 is 1.95 bits per heavy atom. The van der Waals surface area contributed by atoms with Crippen molar-refractivity contribution in [2.45, 2.75) is 20.3 Å². The molecule has 1 rings (SSSR count). The number of benzene rings is 1. The average molecular weight is 292 g/mol. The summed E-state index contributed by atoms with van der Waals surface area (Å²) in [5.74, 6) is 0.399. The third-order valence-electron chi connectivity index (χ3n) is 3.42. The SMILES string of the molecule is COCCN(CC(C)C)C(=O)C(CN)Cc1ccccc1. The fourth-order valence-electron chi connectivity index (χ4n) is 2.36. The van der Waals surface area contributed by atoms with E-state index in [1.165, 1.54) is 0 Å². The van der Waals surface area contributed by atoms with Gasteiger partial charge >= 0.3 is 0 Å². The number of rotatable bonds is 9. The molecule has 1 amide bonds. The van der Waals surface area contributed by atoms with E-state index >= 15 is 0 Å². The maximum Gasteiger partial charge on any atom is 0.227 e. The van der Waals surface area contributed by atoms with E-state index in [9.17, 15) is 4.79 Å². The monoisotopic (exact) mass is 292 g/mol. The maximum atomic E-state index is 12.7. The fraction of sp³-hybridized carbons (Fsp3) is 0.588. The van der Waals surface area contributed by atoms with Crippen LogP contribution in [0.5, 0.6) is 0 Å². The molecular formula is C17H28N2O2. The summed E-state index contributed by atoms with van der Waals surface area (Å²) in [5.41, 5.74) is 6.99. The summed E-state index contributed by atoms with van der Waals surface area (Å²) in [6.07, 6.45) is 0.692. The second-order valence-corrected chi connectivity index (χ2v) is 5.79. The van der Waals surface area contributed by atoms with Crippen molar-refractivity contribution in [3.05, 3.63) is 35.9 Å². The van der Waals surface area contributed by atoms with Gasteiger partial charge in [0.2, 0.25) is 5.91 Å². The van der Waals surface area contributed by atoms with Crippen LogP contribution in [0.25, 0.3) is 0 Å². The van der Waals surface area contributed by atoms with E-state index in [1.54, 1.807) is 7.11 Å². The number of carbonyl (C=O) groups is 1. The molecule has 0 aliphatic heterocycles. The molecule has 21 heavy (non-hydrogen) atoms. The van der Waals surface area contributed by atoms with Gasteiger partial charge in [0.05, 0.1) is 12.5 Å². The molecular weight excluding hydrogens is 264 g/mol. The first-order chi connectivity index (χ1) is 10.1. The summed E-state index contributed by atoms with van der Waals surface area (Å²) in [4.78, 5) is 14.6. The van der Waals surface area contributed by atoms with Crippen molar-refractivity contribution >= 4 is 5.91 Å². The molecule has 0 saturated heterocycles. The molecule has 0 bridgehead atoms. The molecule has 4 heteroatoms. The number of ether oxygens (including phenoxy) is 1. The van der Waals surface area contributed by atoms with Gasteiger partial charge in [0.15, 0.2) is 0 Å². The first kappa shape index (κ1) is 17.7. The zero-order chi connectivity index (χ0) is 15.7. The van der Waals surface area contributed by atoms with E-state index < -0.39 is 0 Å². The van der Waals surface area contributed by atoms with Crippen molar-refractivity contribution in [3.8, 4) is 0 Å². The quantitative estimate of drug-likeness (QED) is 0.756. The minimum absolute atomic E-state index is 0.132. The minimum Gasteiger partial charge on any atom is -0.383 e. The molecule has 1 aromatic rings. The number of amides is 1. The average Bonchev–Trinajstić information content (AvgIpc) is 2.49. The summed E-state index contributed by atoms with van der Waals surface area (Å²) >= 11 is 0. The van der Waals surface area contributed by atoms with Gasteiger partial charge in [-0.05, 0) is 17.9 Å². The van der Waals surface area contributed by atoms with Crippen LogP contribution in [0.4, 0.5) is 0 Å². The highest BCUT2D eigenvalue weighted by atomic mass is 16.5. The molecule has 1 atom stereocenters. The van der Waals surface area contributed by atoms with Crippen LogP contribution < -0.4 is 5.73 Å². The predicted octanol–water partition coefficient (Wildman–Crippen LogP) is 1.94. The highest BCUT2D eigenvalue weighted by Gasteiger charge is 2.23. The second-order valence-electron chi connectivity index (χ2n) is 5.79. The number of methoxy groups -OCH3 is 1. The Hall–Kier alpha value is -1.39. The minimum atomic E-state index is -0.164. The van der Waals surface area contributed by atoms with Gasteiger partial charge in [-0.2, -0.15) is 0 Å². The third kappa shape index (κ3) is 6.27. The van der Waals surface area contributed by atoms with Crippen LogP contribution in [0, 0.1) is 11.8 Å². The lowest BCUT2D eigenvalue weighted by Gasteiger charge is -2.28. The molecule has 0 aromatic heterocycles. The van der Waals surface area contributed by atoms with Gasteiger partial charge in [0.1, 0.15) is 0 Å². The summed E-state index contributed by atoms with van der Waals surface area (Å²) in [7, 11) is 1.66. The van der Waals surface area contributed by atoms with E-state index in [-0.39, 0.29) is 11.8 Å². The van der Waals surface area contributed by atoms with Crippen LogP contribution in [0.15, 0.2) is 30.3 Å². The molecule has 0 heterocycles. The van der Waals surface area contributed by atoms with E-state index in [4.69, 9.17) is 10.5 Å². The number of nitrogens with two attached hydrogens (primary N) is 1. The Morgan fingerprint density at radius 3 is 2.48 bits per heavy atom. The fourth-order valence-corrected chi connectivity index (χ4v) is 2.36. The number of hydrogen-bond acceptors (Lipinski definition) is 3. The molecule has 0 fully saturated rings. The highest BCUT2D eigenvalue weighted by Crippen LogP contribution is 2.12. The third-order valence-corrected chi connectivity index (χ3v) is 3.42.